The monoisotopic (exact) mass is 367 g/mol. The van der Waals surface area contributed by atoms with Crippen molar-refractivity contribution >= 4 is 11.6 Å². The van der Waals surface area contributed by atoms with E-state index < -0.39 is 0 Å². The largest absolute Gasteiger partial charge is 0.494 e. The maximum Gasteiger partial charge on any atom is 0.262 e. The highest BCUT2D eigenvalue weighted by Gasteiger charge is 2.09. The molecule has 0 spiro atoms. The first-order valence-corrected chi connectivity index (χ1v) is 8.64. The number of aryl methyl sites for hydroxylation is 1. The first-order chi connectivity index (χ1) is 13.2. The third-order valence-corrected chi connectivity index (χ3v) is 3.69. The minimum absolute atomic E-state index is 0.0924. The maximum atomic E-state index is 12.2. The van der Waals surface area contributed by atoms with Crippen molar-refractivity contribution < 1.29 is 14.3 Å². The molecule has 1 aromatic heterocycles. The topological polar surface area (TPSA) is 91.2 Å². The summed E-state index contributed by atoms with van der Waals surface area (Å²) in [5, 5.41) is 14.2. The van der Waals surface area contributed by atoms with Crippen LogP contribution in [0.25, 0.3) is 11.4 Å². The molecule has 3 rings (SSSR count). The summed E-state index contributed by atoms with van der Waals surface area (Å²) in [6.07, 6.45) is 0.951. The van der Waals surface area contributed by atoms with Crippen LogP contribution in [0.2, 0.25) is 0 Å². The van der Waals surface area contributed by atoms with Crippen LogP contribution in [-0.4, -0.2) is 39.3 Å². The van der Waals surface area contributed by atoms with Crippen LogP contribution < -0.4 is 14.8 Å². The fourth-order valence-corrected chi connectivity index (χ4v) is 2.41. The molecule has 3 aromatic rings. The number of carbonyl (C=O) groups excluding carboxylic acids is 1. The number of aromatic nitrogens is 4. The molecule has 140 valence electrons. The molecule has 1 amide bonds. The van der Waals surface area contributed by atoms with E-state index in [0.717, 1.165) is 17.7 Å². The molecule has 27 heavy (non-hydrogen) atoms. The third kappa shape index (κ3) is 5.04. The molecular weight excluding hydrogens is 346 g/mol. The van der Waals surface area contributed by atoms with Crippen LogP contribution in [0.4, 0.5) is 5.69 Å². The summed E-state index contributed by atoms with van der Waals surface area (Å²) >= 11 is 0. The van der Waals surface area contributed by atoms with Crippen LogP contribution in [0.5, 0.6) is 11.5 Å². The van der Waals surface area contributed by atoms with Crippen molar-refractivity contribution in [3.8, 4) is 22.9 Å². The van der Waals surface area contributed by atoms with E-state index in [1.165, 1.54) is 0 Å². The Morgan fingerprint density at radius 2 is 1.85 bits per heavy atom. The van der Waals surface area contributed by atoms with Crippen LogP contribution in [0.15, 0.2) is 48.5 Å². The van der Waals surface area contributed by atoms with Crippen LogP contribution in [-0.2, 0) is 11.8 Å². The molecule has 0 fully saturated rings. The molecule has 0 unspecified atom stereocenters. The second kappa shape index (κ2) is 8.79. The lowest BCUT2D eigenvalue weighted by Crippen LogP contribution is -2.20. The Labute approximate surface area is 157 Å². The van der Waals surface area contributed by atoms with Crippen LogP contribution >= 0.6 is 0 Å². The van der Waals surface area contributed by atoms with Crippen molar-refractivity contribution in [1.82, 2.24) is 20.2 Å². The Balaban J connectivity index is 1.54. The molecule has 2 aromatic carbocycles. The van der Waals surface area contributed by atoms with Gasteiger partial charge in [-0.3, -0.25) is 4.79 Å². The highest BCUT2D eigenvalue weighted by molar-refractivity contribution is 5.92. The van der Waals surface area contributed by atoms with Crippen molar-refractivity contribution in [2.75, 3.05) is 18.5 Å². The highest BCUT2D eigenvalue weighted by atomic mass is 16.5. The summed E-state index contributed by atoms with van der Waals surface area (Å²) < 4.78 is 12.6. The SMILES string of the molecule is CCCOc1ccc(OCC(=O)Nc2cccc(-c3nnnn3C)c2)cc1. The van der Waals surface area contributed by atoms with Crippen LogP contribution in [0.1, 0.15) is 13.3 Å². The fourth-order valence-electron chi connectivity index (χ4n) is 2.41. The van der Waals surface area contributed by atoms with E-state index in [2.05, 4.69) is 27.8 Å². The van der Waals surface area contributed by atoms with E-state index in [0.29, 0.717) is 23.9 Å². The van der Waals surface area contributed by atoms with Crippen LogP contribution in [0, 0.1) is 0 Å². The molecule has 8 heteroatoms. The standard InChI is InChI=1S/C19H21N5O3/c1-3-11-26-16-7-9-17(10-8-16)27-13-18(25)20-15-6-4-5-14(12-15)19-21-22-23-24(19)2/h4-10,12H,3,11,13H2,1-2H3,(H,20,25). The van der Waals surface area contributed by atoms with Gasteiger partial charge in [0.25, 0.3) is 5.91 Å². The molecule has 0 saturated heterocycles. The number of hydrogen-bond acceptors (Lipinski definition) is 6. The molecule has 0 aliphatic rings. The number of amides is 1. The van der Waals surface area contributed by atoms with Crippen molar-refractivity contribution in [2.45, 2.75) is 13.3 Å². The second-order valence-corrected chi connectivity index (χ2v) is 5.86. The molecule has 0 bridgehead atoms. The van der Waals surface area contributed by atoms with Gasteiger partial charge in [-0.05, 0) is 53.2 Å². The first kappa shape index (κ1) is 18.4. The summed E-state index contributed by atoms with van der Waals surface area (Å²) in [4.78, 5) is 12.2. The number of benzene rings is 2. The van der Waals surface area contributed by atoms with Gasteiger partial charge in [0.1, 0.15) is 11.5 Å². The number of nitrogens with one attached hydrogen (secondary N) is 1. The minimum atomic E-state index is -0.255. The average molecular weight is 367 g/mol. The lowest BCUT2D eigenvalue weighted by atomic mass is 10.2. The zero-order valence-corrected chi connectivity index (χ0v) is 15.3. The van der Waals surface area contributed by atoms with Gasteiger partial charge >= 0.3 is 0 Å². The van der Waals surface area contributed by atoms with Crippen molar-refractivity contribution in [3.63, 3.8) is 0 Å². The van der Waals surface area contributed by atoms with E-state index in [4.69, 9.17) is 9.47 Å². The van der Waals surface area contributed by atoms with Gasteiger partial charge in [-0.2, -0.15) is 0 Å². The molecular formula is C19H21N5O3. The maximum absolute atomic E-state index is 12.2. The molecule has 0 radical (unpaired) electrons. The summed E-state index contributed by atoms with van der Waals surface area (Å²) in [6.45, 7) is 2.63. The molecule has 8 nitrogen and oxygen atoms in total. The highest BCUT2D eigenvalue weighted by Crippen LogP contribution is 2.20. The van der Waals surface area contributed by atoms with Crippen molar-refractivity contribution in [2.24, 2.45) is 7.05 Å². The van der Waals surface area contributed by atoms with Gasteiger partial charge < -0.3 is 14.8 Å². The van der Waals surface area contributed by atoms with Gasteiger partial charge in [0.2, 0.25) is 0 Å². The van der Waals surface area contributed by atoms with E-state index >= 15 is 0 Å². The molecule has 0 atom stereocenters. The van der Waals surface area contributed by atoms with E-state index in [1.807, 2.05) is 30.3 Å². The smallest absolute Gasteiger partial charge is 0.262 e. The molecule has 0 aliphatic heterocycles. The molecule has 1 heterocycles. The van der Waals surface area contributed by atoms with E-state index in [1.54, 1.807) is 29.9 Å². The van der Waals surface area contributed by atoms with E-state index in [-0.39, 0.29) is 12.5 Å². The number of tetrazole rings is 1. The zero-order chi connectivity index (χ0) is 19.1. The van der Waals surface area contributed by atoms with Gasteiger partial charge in [-0.15, -0.1) is 5.10 Å². The average Bonchev–Trinajstić information content (AvgIpc) is 3.12. The number of anilines is 1. The normalized spacial score (nSPS) is 10.4. The van der Waals surface area contributed by atoms with E-state index in [9.17, 15) is 4.79 Å². The zero-order valence-electron chi connectivity index (χ0n) is 15.3. The number of hydrogen-bond donors (Lipinski definition) is 1. The summed E-state index contributed by atoms with van der Waals surface area (Å²) in [5.41, 5.74) is 1.45. The van der Waals surface area contributed by atoms with Gasteiger partial charge in [-0.25, -0.2) is 4.68 Å². The summed E-state index contributed by atoms with van der Waals surface area (Å²) in [6, 6.07) is 14.5. The van der Waals surface area contributed by atoms with Gasteiger partial charge in [0, 0.05) is 18.3 Å². The summed E-state index contributed by atoms with van der Waals surface area (Å²) in [5.74, 6) is 1.75. The lowest BCUT2D eigenvalue weighted by molar-refractivity contribution is -0.118. The van der Waals surface area contributed by atoms with Crippen LogP contribution in [0.3, 0.4) is 0 Å². The number of carbonyl (C=O) groups is 1. The van der Waals surface area contributed by atoms with Gasteiger partial charge in [0.15, 0.2) is 12.4 Å². The molecule has 0 saturated carbocycles. The Morgan fingerprint density at radius 3 is 2.52 bits per heavy atom. The number of ether oxygens (including phenoxy) is 2. The Hall–Kier alpha value is -3.42. The lowest BCUT2D eigenvalue weighted by Gasteiger charge is -2.09. The molecule has 1 N–H and O–H groups in total. The quantitative estimate of drug-likeness (QED) is 0.658. The first-order valence-electron chi connectivity index (χ1n) is 8.64. The number of nitrogens with zero attached hydrogens (tertiary/aromatic N) is 4. The Morgan fingerprint density at radius 1 is 1.11 bits per heavy atom. The van der Waals surface area contributed by atoms with Gasteiger partial charge in [0.05, 0.1) is 6.61 Å². The molecule has 0 aliphatic carbocycles. The van der Waals surface area contributed by atoms with Crippen molar-refractivity contribution in [3.05, 3.63) is 48.5 Å². The number of rotatable bonds is 8. The Bertz CT molecular complexity index is 892. The van der Waals surface area contributed by atoms with Gasteiger partial charge in [-0.1, -0.05) is 19.1 Å². The Kier molecular flexibility index (Phi) is 5.98. The van der Waals surface area contributed by atoms with Crippen molar-refractivity contribution in [1.29, 1.82) is 0 Å². The minimum Gasteiger partial charge on any atom is -0.494 e. The third-order valence-electron chi connectivity index (χ3n) is 3.69. The summed E-state index contributed by atoms with van der Waals surface area (Å²) in [7, 11) is 1.76. The fraction of sp³-hybridized carbons (Fsp3) is 0.263. The predicted octanol–water partition coefficient (Wildman–Crippen LogP) is 2.68. The predicted molar refractivity (Wildman–Crippen MR) is 101 cm³/mol. The second-order valence-electron chi connectivity index (χ2n) is 5.86.